The van der Waals surface area contributed by atoms with Crippen molar-refractivity contribution in [2.45, 2.75) is 12.5 Å². The summed E-state index contributed by atoms with van der Waals surface area (Å²) in [4.78, 5) is 13.7. The first-order chi connectivity index (χ1) is 6.61. The summed E-state index contributed by atoms with van der Waals surface area (Å²) in [5.74, 6) is 0.220. The molecule has 14 heavy (non-hydrogen) atoms. The van der Waals surface area contributed by atoms with Gasteiger partial charge in [0.25, 0.3) is 0 Å². The van der Waals surface area contributed by atoms with Crippen LogP contribution in [0.3, 0.4) is 0 Å². The van der Waals surface area contributed by atoms with Crippen LogP contribution in [0.5, 0.6) is 0 Å². The average Bonchev–Trinajstić information content (AvgIpc) is 2.60. The smallest absolute Gasteiger partial charge is 0.157 e. The van der Waals surface area contributed by atoms with Crippen LogP contribution in [-0.4, -0.2) is 34.1 Å². The Balaban J connectivity index is 2.43. The molecule has 1 aromatic rings. The molecule has 1 unspecified atom stereocenters. The van der Waals surface area contributed by atoms with Crippen molar-refractivity contribution in [2.75, 3.05) is 13.6 Å². The lowest BCUT2D eigenvalue weighted by Gasteiger charge is -2.18. The highest BCUT2D eigenvalue weighted by Crippen LogP contribution is 2.31. The van der Waals surface area contributed by atoms with Gasteiger partial charge in [0.2, 0.25) is 0 Å². The molecule has 1 fully saturated rings. The molecule has 76 valence electrons. The van der Waals surface area contributed by atoms with Gasteiger partial charge in [-0.25, -0.2) is 0 Å². The van der Waals surface area contributed by atoms with E-state index in [1.165, 1.54) is 0 Å². The molecular formula is C9H12ClN3O. The van der Waals surface area contributed by atoms with Gasteiger partial charge in [0.1, 0.15) is 6.04 Å². The normalized spacial score (nSPS) is 23.4. The average molecular weight is 214 g/mol. The number of carbonyl (C=O) groups is 1. The van der Waals surface area contributed by atoms with E-state index in [-0.39, 0.29) is 11.8 Å². The Morgan fingerprint density at radius 1 is 1.57 bits per heavy atom. The van der Waals surface area contributed by atoms with Crippen LogP contribution in [-0.2, 0) is 11.8 Å². The predicted octanol–water partition coefficient (Wildman–Crippen LogP) is 1.02. The number of rotatable bonds is 1. The van der Waals surface area contributed by atoms with Crippen LogP contribution in [0, 0.1) is 0 Å². The molecule has 0 bridgehead atoms. The van der Waals surface area contributed by atoms with Gasteiger partial charge in [-0.05, 0) is 7.05 Å². The lowest BCUT2D eigenvalue weighted by Crippen LogP contribution is -2.23. The molecule has 0 amide bonds. The van der Waals surface area contributed by atoms with Gasteiger partial charge in [-0.3, -0.25) is 14.4 Å². The highest BCUT2D eigenvalue weighted by Gasteiger charge is 2.34. The first-order valence-corrected chi connectivity index (χ1v) is 4.89. The van der Waals surface area contributed by atoms with Crippen LogP contribution >= 0.6 is 11.6 Å². The Morgan fingerprint density at radius 2 is 2.29 bits per heavy atom. The molecule has 0 spiro atoms. The van der Waals surface area contributed by atoms with E-state index in [1.54, 1.807) is 17.9 Å². The van der Waals surface area contributed by atoms with Crippen LogP contribution in [0.4, 0.5) is 0 Å². The number of halogens is 1. The number of aromatic nitrogens is 2. The third-order valence-corrected chi connectivity index (χ3v) is 2.94. The van der Waals surface area contributed by atoms with E-state index in [0.717, 1.165) is 12.2 Å². The monoisotopic (exact) mass is 213 g/mol. The Morgan fingerprint density at radius 3 is 2.71 bits per heavy atom. The van der Waals surface area contributed by atoms with E-state index in [1.807, 2.05) is 11.9 Å². The summed E-state index contributed by atoms with van der Waals surface area (Å²) in [7, 11) is 3.74. The van der Waals surface area contributed by atoms with E-state index in [9.17, 15) is 4.79 Å². The summed E-state index contributed by atoms with van der Waals surface area (Å²) < 4.78 is 1.67. The molecule has 1 aromatic heterocycles. The minimum absolute atomic E-state index is 0.213. The maximum absolute atomic E-state index is 11.6. The van der Waals surface area contributed by atoms with Crippen molar-refractivity contribution in [3.8, 4) is 0 Å². The van der Waals surface area contributed by atoms with E-state index in [4.69, 9.17) is 11.6 Å². The lowest BCUT2D eigenvalue weighted by atomic mass is 10.1. The van der Waals surface area contributed by atoms with Gasteiger partial charge < -0.3 is 0 Å². The summed E-state index contributed by atoms with van der Waals surface area (Å²) in [5, 5.41) is 4.60. The standard InChI is InChI=1S/C9H12ClN3O/c1-12-4-3-7(14)9(12)8-6(10)5-11-13(8)2/h5,9H,3-4H2,1-2H3. The van der Waals surface area contributed by atoms with E-state index < -0.39 is 0 Å². The van der Waals surface area contributed by atoms with Gasteiger partial charge in [-0.1, -0.05) is 11.6 Å². The molecule has 1 atom stereocenters. The fraction of sp³-hybridized carbons (Fsp3) is 0.556. The molecule has 0 saturated carbocycles. The lowest BCUT2D eigenvalue weighted by molar-refractivity contribution is -0.120. The highest BCUT2D eigenvalue weighted by molar-refractivity contribution is 6.31. The molecular weight excluding hydrogens is 202 g/mol. The van der Waals surface area contributed by atoms with Crippen LogP contribution < -0.4 is 0 Å². The van der Waals surface area contributed by atoms with Gasteiger partial charge >= 0.3 is 0 Å². The Bertz CT molecular complexity index is 355. The predicted molar refractivity (Wildman–Crippen MR) is 53.2 cm³/mol. The number of aryl methyl sites for hydroxylation is 1. The second-order valence-corrected chi connectivity index (χ2v) is 4.01. The van der Waals surface area contributed by atoms with Crippen molar-refractivity contribution in [3.05, 3.63) is 16.9 Å². The van der Waals surface area contributed by atoms with Gasteiger partial charge in [0, 0.05) is 20.0 Å². The molecule has 1 aliphatic heterocycles. The Hall–Kier alpha value is -0.870. The number of Topliss-reactive ketones (excluding diaryl/α,β-unsaturated/α-hetero) is 1. The minimum atomic E-state index is -0.213. The first-order valence-electron chi connectivity index (χ1n) is 4.51. The first kappa shape index (κ1) is 9.68. The van der Waals surface area contributed by atoms with E-state index >= 15 is 0 Å². The van der Waals surface area contributed by atoms with Gasteiger partial charge in [-0.15, -0.1) is 0 Å². The maximum Gasteiger partial charge on any atom is 0.157 e. The van der Waals surface area contributed by atoms with Gasteiger partial charge in [0.05, 0.1) is 16.9 Å². The van der Waals surface area contributed by atoms with Crippen molar-refractivity contribution in [1.29, 1.82) is 0 Å². The van der Waals surface area contributed by atoms with Crippen molar-refractivity contribution >= 4 is 17.4 Å². The second kappa shape index (κ2) is 3.37. The van der Waals surface area contributed by atoms with Crippen LogP contribution in [0.25, 0.3) is 0 Å². The number of hydrogen-bond acceptors (Lipinski definition) is 3. The molecule has 2 rings (SSSR count). The Kier molecular flexibility index (Phi) is 2.33. The molecule has 1 aliphatic rings. The van der Waals surface area contributed by atoms with Crippen molar-refractivity contribution in [1.82, 2.24) is 14.7 Å². The molecule has 4 nitrogen and oxygen atoms in total. The fourth-order valence-electron chi connectivity index (χ4n) is 1.89. The molecule has 0 N–H and O–H groups in total. The number of ketones is 1. The molecule has 5 heteroatoms. The zero-order chi connectivity index (χ0) is 10.3. The van der Waals surface area contributed by atoms with Gasteiger partial charge in [-0.2, -0.15) is 5.10 Å². The molecule has 0 radical (unpaired) electrons. The van der Waals surface area contributed by atoms with Crippen molar-refractivity contribution in [3.63, 3.8) is 0 Å². The van der Waals surface area contributed by atoms with Crippen molar-refractivity contribution in [2.24, 2.45) is 7.05 Å². The molecule has 0 aliphatic carbocycles. The molecule has 0 aromatic carbocycles. The molecule has 1 saturated heterocycles. The summed E-state index contributed by atoms with van der Waals surface area (Å²) in [6.07, 6.45) is 2.18. The summed E-state index contributed by atoms with van der Waals surface area (Å²) in [6.45, 7) is 0.797. The largest absolute Gasteiger partial charge is 0.297 e. The maximum atomic E-state index is 11.6. The summed E-state index contributed by atoms with van der Waals surface area (Å²) >= 11 is 5.99. The SMILES string of the molecule is CN1CCC(=O)C1c1c(Cl)cnn1C. The minimum Gasteiger partial charge on any atom is -0.297 e. The van der Waals surface area contributed by atoms with Crippen LogP contribution in [0.1, 0.15) is 18.2 Å². The van der Waals surface area contributed by atoms with Crippen LogP contribution in [0.15, 0.2) is 6.20 Å². The summed E-state index contributed by atoms with van der Waals surface area (Å²) in [5.41, 5.74) is 0.802. The summed E-state index contributed by atoms with van der Waals surface area (Å²) in [6, 6.07) is -0.213. The highest BCUT2D eigenvalue weighted by atomic mass is 35.5. The third kappa shape index (κ3) is 1.35. The second-order valence-electron chi connectivity index (χ2n) is 3.60. The topological polar surface area (TPSA) is 38.1 Å². The number of likely N-dealkylation sites (tertiary alicyclic amines) is 1. The third-order valence-electron chi connectivity index (χ3n) is 2.65. The number of likely N-dealkylation sites (N-methyl/N-ethyl adjacent to an activating group) is 1. The number of hydrogen-bond donors (Lipinski definition) is 0. The Labute approximate surface area is 87.4 Å². The van der Waals surface area contributed by atoms with Crippen molar-refractivity contribution < 1.29 is 4.79 Å². The zero-order valence-corrected chi connectivity index (χ0v) is 8.95. The van der Waals surface area contributed by atoms with E-state index in [0.29, 0.717) is 11.4 Å². The van der Waals surface area contributed by atoms with E-state index in [2.05, 4.69) is 5.10 Å². The number of nitrogens with zero attached hydrogens (tertiary/aromatic N) is 3. The zero-order valence-electron chi connectivity index (χ0n) is 8.20. The molecule has 2 heterocycles. The number of carbonyl (C=O) groups excluding carboxylic acids is 1. The van der Waals surface area contributed by atoms with Gasteiger partial charge in [0.15, 0.2) is 5.78 Å². The quantitative estimate of drug-likeness (QED) is 0.699. The van der Waals surface area contributed by atoms with Crippen LogP contribution in [0.2, 0.25) is 5.02 Å². The fourth-order valence-corrected chi connectivity index (χ4v) is 2.16.